The van der Waals surface area contributed by atoms with Gasteiger partial charge in [0.05, 0.1) is 12.4 Å². The molecule has 2 nitrogen and oxygen atoms in total. The number of aryl methyl sites for hydroxylation is 2. The number of hydrogen-bond acceptors (Lipinski definition) is 2. The van der Waals surface area contributed by atoms with Crippen molar-refractivity contribution in [2.24, 2.45) is 0 Å². The van der Waals surface area contributed by atoms with Crippen molar-refractivity contribution in [3.63, 3.8) is 0 Å². The highest BCUT2D eigenvalue weighted by Crippen LogP contribution is 2.05. The molecule has 2 aromatic rings. The maximum Gasteiger partial charge on any atom is 0.149 e. The zero-order valence-corrected chi connectivity index (χ0v) is 10.6. The molecule has 0 saturated heterocycles. The van der Waals surface area contributed by atoms with Gasteiger partial charge in [0.15, 0.2) is 0 Å². The smallest absolute Gasteiger partial charge is 0.149 e. The topological polar surface area (TPSA) is 25.8 Å². The molecule has 1 aromatic carbocycles. The van der Waals surface area contributed by atoms with Crippen LogP contribution in [0, 0.1) is 13.8 Å². The van der Waals surface area contributed by atoms with Gasteiger partial charge in [0, 0.05) is 0 Å². The van der Waals surface area contributed by atoms with Crippen LogP contribution in [-0.2, 0) is 0 Å². The summed E-state index contributed by atoms with van der Waals surface area (Å²) in [5, 5.41) is 0.634. The highest BCUT2D eigenvalue weighted by atomic mass is 35.5. The van der Waals surface area contributed by atoms with Gasteiger partial charge in [0.2, 0.25) is 0 Å². The quantitative estimate of drug-likeness (QED) is 0.708. The molecule has 1 aromatic heterocycles. The number of rotatable bonds is 0. The van der Waals surface area contributed by atoms with Crippen LogP contribution in [0.3, 0.4) is 0 Å². The van der Waals surface area contributed by atoms with Crippen LogP contribution in [0.5, 0.6) is 0 Å². The summed E-state index contributed by atoms with van der Waals surface area (Å²) >= 11 is 10.8. The van der Waals surface area contributed by atoms with Crippen molar-refractivity contribution >= 4 is 23.2 Å². The molecule has 0 bridgehead atoms. The number of halogens is 2. The predicted molar refractivity (Wildman–Crippen MR) is 68.0 cm³/mol. The molecule has 2 rings (SSSR count). The molecule has 0 aliphatic carbocycles. The standard InChI is InChI=1S/C8H10.C4H2Cl2N2/c1-7-5-3-4-6-8(7)2;5-3-1-7-2-4(6)8-3/h3-6H,1-2H3;1-2H. The van der Waals surface area contributed by atoms with Gasteiger partial charge in [0.25, 0.3) is 0 Å². The van der Waals surface area contributed by atoms with E-state index in [-0.39, 0.29) is 0 Å². The van der Waals surface area contributed by atoms with Crippen molar-refractivity contribution in [3.05, 3.63) is 58.1 Å². The second-order valence-electron chi connectivity index (χ2n) is 3.25. The lowest BCUT2D eigenvalue weighted by atomic mass is 10.1. The van der Waals surface area contributed by atoms with E-state index in [9.17, 15) is 0 Å². The Morgan fingerprint density at radius 2 is 1.31 bits per heavy atom. The Kier molecular flexibility index (Phi) is 5.23. The van der Waals surface area contributed by atoms with Crippen molar-refractivity contribution in [1.82, 2.24) is 9.97 Å². The first kappa shape index (κ1) is 12.9. The largest absolute Gasteiger partial charge is 0.258 e. The van der Waals surface area contributed by atoms with Crippen LogP contribution in [0.15, 0.2) is 36.7 Å². The number of hydrogen-bond donors (Lipinski definition) is 0. The number of nitrogens with zero attached hydrogens (tertiary/aromatic N) is 2. The molecule has 0 amide bonds. The van der Waals surface area contributed by atoms with Gasteiger partial charge < -0.3 is 0 Å². The maximum absolute atomic E-state index is 5.39. The van der Waals surface area contributed by atoms with E-state index in [1.165, 1.54) is 23.5 Å². The fraction of sp³-hybridized carbons (Fsp3) is 0.167. The van der Waals surface area contributed by atoms with Gasteiger partial charge in [-0.2, -0.15) is 0 Å². The summed E-state index contributed by atoms with van der Waals surface area (Å²) in [5.41, 5.74) is 2.74. The highest BCUT2D eigenvalue weighted by Gasteiger charge is 1.88. The molecular weight excluding hydrogens is 243 g/mol. The van der Waals surface area contributed by atoms with Crippen LogP contribution in [0.4, 0.5) is 0 Å². The van der Waals surface area contributed by atoms with Gasteiger partial charge in [0.1, 0.15) is 10.3 Å². The molecule has 16 heavy (non-hydrogen) atoms. The lowest BCUT2D eigenvalue weighted by Crippen LogP contribution is -1.76. The first-order valence-corrected chi connectivity index (χ1v) is 5.50. The fourth-order valence-electron chi connectivity index (χ4n) is 0.983. The van der Waals surface area contributed by atoms with Gasteiger partial charge in [-0.1, -0.05) is 47.5 Å². The second kappa shape index (κ2) is 6.46. The van der Waals surface area contributed by atoms with E-state index in [1.807, 2.05) is 0 Å². The summed E-state index contributed by atoms with van der Waals surface area (Å²) in [5.74, 6) is 0. The Balaban J connectivity index is 0.000000160. The van der Waals surface area contributed by atoms with Crippen LogP contribution >= 0.6 is 23.2 Å². The third-order valence-electron chi connectivity index (χ3n) is 2.00. The minimum Gasteiger partial charge on any atom is -0.258 e. The predicted octanol–water partition coefficient (Wildman–Crippen LogP) is 4.09. The molecule has 1 heterocycles. The molecule has 0 unspecified atom stereocenters. The Morgan fingerprint density at radius 3 is 1.56 bits per heavy atom. The van der Waals surface area contributed by atoms with Gasteiger partial charge in [-0.25, -0.2) is 4.98 Å². The van der Waals surface area contributed by atoms with E-state index >= 15 is 0 Å². The van der Waals surface area contributed by atoms with Crippen LogP contribution in [0.1, 0.15) is 11.1 Å². The van der Waals surface area contributed by atoms with Gasteiger partial charge in [-0.15, -0.1) is 0 Å². The molecule has 0 radical (unpaired) electrons. The lowest BCUT2D eigenvalue weighted by molar-refractivity contribution is 1.20. The molecule has 0 aliphatic rings. The number of benzene rings is 1. The molecule has 0 atom stereocenters. The number of aromatic nitrogens is 2. The molecule has 0 fully saturated rings. The SMILES string of the molecule is Cc1ccccc1C.Clc1cncc(Cl)n1. The summed E-state index contributed by atoms with van der Waals surface area (Å²) in [7, 11) is 0. The zero-order chi connectivity index (χ0) is 12.0. The Bertz CT molecular complexity index is 420. The average molecular weight is 255 g/mol. The lowest BCUT2D eigenvalue weighted by Gasteiger charge is -1.93. The Labute approximate surface area is 105 Å². The Hall–Kier alpha value is -1.12. The minimum atomic E-state index is 0.317. The van der Waals surface area contributed by atoms with Crippen LogP contribution in [0.2, 0.25) is 10.3 Å². The second-order valence-corrected chi connectivity index (χ2v) is 4.02. The Morgan fingerprint density at radius 1 is 0.875 bits per heavy atom. The molecule has 84 valence electrons. The van der Waals surface area contributed by atoms with Crippen molar-refractivity contribution in [2.45, 2.75) is 13.8 Å². The molecule has 0 N–H and O–H groups in total. The third kappa shape index (κ3) is 4.60. The van der Waals surface area contributed by atoms with E-state index in [1.54, 1.807) is 0 Å². The van der Waals surface area contributed by atoms with E-state index in [4.69, 9.17) is 23.2 Å². The average Bonchev–Trinajstić information content (AvgIpc) is 2.23. The highest BCUT2D eigenvalue weighted by molar-refractivity contribution is 6.32. The molecule has 4 heteroatoms. The van der Waals surface area contributed by atoms with Crippen molar-refractivity contribution in [2.75, 3.05) is 0 Å². The summed E-state index contributed by atoms with van der Waals surface area (Å²) in [6.07, 6.45) is 2.85. The van der Waals surface area contributed by atoms with Gasteiger partial charge in [-0.3, -0.25) is 4.98 Å². The van der Waals surface area contributed by atoms with Crippen LogP contribution < -0.4 is 0 Å². The summed E-state index contributed by atoms with van der Waals surface area (Å²) in [6.45, 7) is 4.24. The first-order valence-electron chi connectivity index (χ1n) is 4.75. The molecule has 0 spiro atoms. The summed E-state index contributed by atoms with van der Waals surface area (Å²) in [6, 6.07) is 8.36. The normalized spacial score (nSPS) is 9.25. The molecular formula is C12H12Cl2N2. The van der Waals surface area contributed by atoms with Crippen molar-refractivity contribution in [3.8, 4) is 0 Å². The molecule has 0 aliphatic heterocycles. The zero-order valence-electron chi connectivity index (χ0n) is 9.11. The van der Waals surface area contributed by atoms with E-state index in [2.05, 4.69) is 48.1 Å². The van der Waals surface area contributed by atoms with E-state index < -0.39 is 0 Å². The van der Waals surface area contributed by atoms with E-state index in [0.717, 1.165) is 0 Å². The monoisotopic (exact) mass is 254 g/mol. The summed E-state index contributed by atoms with van der Waals surface area (Å²) < 4.78 is 0. The first-order chi connectivity index (χ1) is 7.59. The van der Waals surface area contributed by atoms with E-state index in [0.29, 0.717) is 10.3 Å². The maximum atomic E-state index is 5.39. The van der Waals surface area contributed by atoms with Crippen molar-refractivity contribution in [1.29, 1.82) is 0 Å². The molecule has 0 saturated carbocycles. The van der Waals surface area contributed by atoms with Crippen molar-refractivity contribution < 1.29 is 0 Å². The van der Waals surface area contributed by atoms with Gasteiger partial charge in [-0.05, 0) is 25.0 Å². The van der Waals surface area contributed by atoms with Crippen LogP contribution in [-0.4, -0.2) is 9.97 Å². The third-order valence-corrected chi connectivity index (χ3v) is 2.37. The minimum absolute atomic E-state index is 0.317. The van der Waals surface area contributed by atoms with Crippen LogP contribution in [0.25, 0.3) is 0 Å². The fourth-order valence-corrected chi connectivity index (χ4v) is 1.32. The van der Waals surface area contributed by atoms with Gasteiger partial charge >= 0.3 is 0 Å². The summed E-state index contributed by atoms with van der Waals surface area (Å²) in [4.78, 5) is 7.30.